The molecule has 0 unspecified atom stereocenters. The highest BCUT2D eigenvalue weighted by Gasteiger charge is 2.59. The molecule has 3 heterocycles. The number of ether oxygens (including phenoxy) is 3. The number of rotatable bonds is 12. The van der Waals surface area contributed by atoms with Crippen molar-refractivity contribution in [2.75, 3.05) is 6.67 Å². The van der Waals surface area contributed by atoms with Gasteiger partial charge in [-0.2, -0.15) is 0 Å². The molecular weight excluding hydrogens is 513 g/mol. The number of alkyl halides is 1. The largest absolute Gasteiger partial charge is 0.407 e. The van der Waals surface area contributed by atoms with Gasteiger partial charge in [-0.15, -0.1) is 0 Å². The van der Waals surface area contributed by atoms with E-state index in [1.807, 2.05) is 30.7 Å². The Morgan fingerprint density at radius 3 is 2.46 bits per heavy atom. The van der Waals surface area contributed by atoms with Crippen LogP contribution >= 0.6 is 0 Å². The second kappa shape index (κ2) is 11.4. The number of aliphatic imine (C=N–C) groups is 2. The highest BCUT2D eigenvalue weighted by molar-refractivity contribution is 6.73. The van der Waals surface area contributed by atoms with E-state index < -0.39 is 33.1 Å². The summed E-state index contributed by atoms with van der Waals surface area (Å²) in [6.07, 6.45) is 3.81. The van der Waals surface area contributed by atoms with Gasteiger partial charge >= 0.3 is 0 Å². The molecule has 0 radical (unpaired) electrons. The van der Waals surface area contributed by atoms with Gasteiger partial charge in [0.15, 0.2) is 20.3 Å². The summed E-state index contributed by atoms with van der Waals surface area (Å²) >= 11 is 0. The number of aromatic nitrogens is 1. The second-order valence-electron chi connectivity index (χ2n) is 11.3. The second-order valence-corrected chi connectivity index (χ2v) is 16.0. The summed E-state index contributed by atoms with van der Waals surface area (Å²) in [5.41, 5.74) is 4.72. The Balaban J connectivity index is 1.57. The molecule has 2 fully saturated rings. The first kappa shape index (κ1) is 28.4. The molecule has 0 bridgehead atoms. The predicted octanol–water partition coefficient (Wildman–Crippen LogP) is 6.64. The van der Waals surface area contributed by atoms with Crippen molar-refractivity contribution in [3.8, 4) is 0 Å². The SMILES string of the molecule is C=NC=Nc1c(CCF)ccn1[C@@H]1O[C@H]([C@H](O[Si](CC)(CC)CC)c2ccc3c(c2)CC3)[C@H]2OC(C)(C)O[C@H]21. The van der Waals surface area contributed by atoms with Crippen molar-refractivity contribution in [3.05, 3.63) is 52.7 Å². The summed E-state index contributed by atoms with van der Waals surface area (Å²) in [6, 6.07) is 11.7. The van der Waals surface area contributed by atoms with Crippen LogP contribution in [0.2, 0.25) is 18.1 Å². The third-order valence-corrected chi connectivity index (χ3v) is 13.4. The van der Waals surface area contributed by atoms with Crippen LogP contribution in [-0.2, 0) is 37.9 Å². The number of hydrogen-bond donors (Lipinski definition) is 0. The minimum absolute atomic E-state index is 0.252. The van der Waals surface area contributed by atoms with Crippen molar-refractivity contribution in [1.82, 2.24) is 4.57 Å². The van der Waals surface area contributed by atoms with Gasteiger partial charge in [-0.3, -0.25) is 9.38 Å². The molecule has 2 saturated heterocycles. The van der Waals surface area contributed by atoms with E-state index in [0.29, 0.717) is 5.82 Å². The minimum atomic E-state index is -2.03. The standard InChI is InChI=1S/C30H42FN3O4Si/c1-7-39(8-2,9-3)38-24(23-13-11-20-10-12-22(20)18-23)25-26-27(37-30(4,5)36-26)29(35-25)34-17-15-21(14-16-31)28(34)33-19-32-6/h11,13,15,17-19,24-27,29H,6-10,12,14,16H2,1-5H3/t24-,25-,26-,27-,29-/m1/s1. The molecule has 5 rings (SSSR count). The fourth-order valence-electron chi connectivity index (χ4n) is 6.29. The maximum Gasteiger partial charge on any atom is 0.193 e. The zero-order valence-corrected chi connectivity index (χ0v) is 24.9. The van der Waals surface area contributed by atoms with E-state index in [-0.39, 0.29) is 24.7 Å². The first-order valence-corrected chi connectivity index (χ1v) is 16.9. The van der Waals surface area contributed by atoms with Gasteiger partial charge in [0.05, 0.1) is 12.8 Å². The van der Waals surface area contributed by atoms with Crippen LogP contribution in [0.3, 0.4) is 0 Å². The van der Waals surface area contributed by atoms with Crippen LogP contribution in [0.1, 0.15) is 69.2 Å². The molecule has 0 amide bonds. The van der Waals surface area contributed by atoms with Gasteiger partial charge in [-0.05, 0) is 79.9 Å². The quantitative estimate of drug-likeness (QED) is 0.167. The van der Waals surface area contributed by atoms with E-state index >= 15 is 0 Å². The van der Waals surface area contributed by atoms with Gasteiger partial charge in [0.25, 0.3) is 0 Å². The number of fused-ring (bicyclic) bond motifs is 2. The smallest absolute Gasteiger partial charge is 0.193 e. The Morgan fingerprint density at radius 1 is 1.13 bits per heavy atom. The van der Waals surface area contributed by atoms with Crippen LogP contribution in [0.5, 0.6) is 0 Å². The predicted molar refractivity (Wildman–Crippen MR) is 154 cm³/mol. The zero-order valence-electron chi connectivity index (χ0n) is 23.9. The van der Waals surface area contributed by atoms with Gasteiger partial charge < -0.3 is 23.2 Å². The van der Waals surface area contributed by atoms with E-state index in [1.165, 1.54) is 17.5 Å². The number of aryl methyl sites for hydroxylation is 3. The molecule has 0 saturated carbocycles. The molecule has 1 aromatic carbocycles. The van der Waals surface area contributed by atoms with E-state index in [0.717, 1.165) is 42.1 Å². The summed E-state index contributed by atoms with van der Waals surface area (Å²) in [4.78, 5) is 8.28. The van der Waals surface area contributed by atoms with E-state index in [4.69, 9.17) is 18.6 Å². The molecule has 212 valence electrons. The summed E-state index contributed by atoms with van der Waals surface area (Å²) in [6.45, 7) is 13.7. The molecule has 1 aromatic heterocycles. The summed E-state index contributed by atoms with van der Waals surface area (Å²) in [5.74, 6) is -0.188. The topological polar surface area (TPSA) is 66.6 Å². The molecule has 2 aromatic rings. The van der Waals surface area contributed by atoms with Gasteiger partial charge in [0, 0.05) is 12.6 Å². The highest BCUT2D eigenvalue weighted by atomic mass is 28.4. The van der Waals surface area contributed by atoms with Crippen LogP contribution < -0.4 is 0 Å². The van der Waals surface area contributed by atoms with Crippen LogP contribution in [0.15, 0.2) is 40.4 Å². The third kappa shape index (κ3) is 5.31. The van der Waals surface area contributed by atoms with Crippen LogP contribution in [0, 0.1) is 0 Å². The minimum Gasteiger partial charge on any atom is -0.407 e. The van der Waals surface area contributed by atoms with Crippen molar-refractivity contribution in [2.24, 2.45) is 9.98 Å². The normalized spacial score (nSPS) is 26.4. The zero-order chi connectivity index (χ0) is 27.8. The molecule has 9 heteroatoms. The lowest BCUT2D eigenvalue weighted by Crippen LogP contribution is -2.43. The fourth-order valence-corrected chi connectivity index (χ4v) is 9.10. The average molecular weight is 556 g/mol. The molecular formula is C30H42FN3O4Si. The molecule has 0 spiro atoms. The summed E-state index contributed by atoms with van der Waals surface area (Å²) in [5, 5.41) is 0. The van der Waals surface area contributed by atoms with Crippen molar-refractivity contribution in [1.29, 1.82) is 0 Å². The lowest BCUT2D eigenvalue weighted by molar-refractivity contribution is -0.206. The Labute approximate surface area is 232 Å². The number of nitrogens with zero attached hydrogens (tertiary/aromatic N) is 3. The van der Waals surface area contributed by atoms with Gasteiger partial charge in [0.2, 0.25) is 0 Å². The first-order chi connectivity index (χ1) is 18.8. The van der Waals surface area contributed by atoms with Gasteiger partial charge in [-0.25, -0.2) is 4.99 Å². The van der Waals surface area contributed by atoms with Gasteiger partial charge in [0.1, 0.15) is 30.5 Å². The molecule has 7 nitrogen and oxygen atoms in total. The maximum atomic E-state index is 13.4. The van der Waals surface area contributed by atoms with Crippen molar-refractivity contribution in [2.45, 2.75) is 108 Å². The van der Waals surface area contributed by atoms with Crippen molar-refractivity contribution < 1.29 is 23.0 Å². The van der Waals surface area contributed by atoms with E-state index in [9.17, 15) is 4.39 Å². The molecule has 39 heavy (non-hydrogen) atoms. The molecule has 3 aliphatic rings. The fraction of sp³-hybridized carbons (Fsp3) is 0.600. The molecule has 0 N–H and O–H groups in total. The molecule has 5 atom stereocenters. The first-order valence-electron chi connectivity index (χ1n) is 14.3. The molecule has 2 aliphatic heterocycles. The lowest BCUT2D eigenvalue weighted by atomic mass is 9.85. The highest BCUT2D eigenvalue weighted by Crippen LogP contribution is 2.50. The Bertz CT molecular complexity index is 1200. The number of halogens is 1. The number of hydrogen-bond acceptors (Lipinski definition) is 5. The van der Waals surface area contributed by atoms with Crippen molar-refractivity contribution in [3.63, 3.8) is 0 Å². The van der Waals surface area contributed by atoms with Crippen molar-refractivity contribution >= 4 is 27.2 Å². The van der Waals surface area contributed by atoms with Gasteiger partial charge in [-0.1, -0.05) is 39.0 Å². The monoisotopic (exact) mass is 555 g/mol. The Hall–Kier alpha value is -2.17. The Morgan fingerprint density at radius 2 is 1.85 bits per heavy atom. The van der Waals surface area contributed by atoms with Crippen LogP contribution in [0.25, 0.3) is 0 Å². The lowest BCUT2D eigenvalue weighted by Gasteiger charge is -2.38. The van der Waals surface area contributed by atoms with E-state index in [1.54, 1.807) is 0 Å². The summed E-state index contributed by atoms with van der Waals surface area (Å²) < 4.78 is 42.5. The maximum absolute atomic E-state index is 13.4. The Kier molecular flexibility index (Phi) is 8.27. The summed E-state index contributed by atoms with van der Waals surface area (Å²) in [7, 11) is -2.03. The third-order valence-electron chi connectivity index (χ3n) is 8.76. The number of benzene rings is 1. The average Bonchev–Trinajstić information content (AvgIpc) is 3.55. The molecule has 1 aliphatic carbocycles. The van der Waals surface area contributed by atoms with E-state index in [2.05, 4.69) is 55.7 Å². The van der Waals surface area contributed by atoms with Crippen LogP contribution in [-0.4, -0.2) is 56.7 Å². The van der Waals surface area contributed by atoms with Crippen LogP contribution in [0.4, 0.5) is 10.2 Å².